The summed E-state index contributed by atoms with van der Waals surface area (Å²) in [7, 11) is 0. The average molecular weight is 204 g/mol. The highest BCUT2D eigenvalue weighted by atomic mass is 16.5. The smallest absolute Gasteiger partial charge is 0.232 e. The monoisotopic (exact) mass is 204 g/mol. The van der Waals surface area contributed by atoms with E-state index in [9.17, 15) is 0 Å². The molecule has 1 fully saturated rings. The quantitative estimate of drug-likeness (QED) is 0.710. The van der Waals surface area contributed by atoms with Crippen LogP contribution < -0.4 is 4.74 Å². The lowest BCUT2D eigenvalue weighted by Crippen LogP contribution is -2.23. The van der Waals surface area contributed by atoms with Gasteiger partial charge in [0.2, 0.25) is 5.88 Å². The highest BCUT2D eigenvalue weighted by molar-refractivity contribution is 5.02. The predicted octanol–water partition coefficient (Wildman–Crippen LogP) is 2.60. The molecular formula is C12H16N2O. The summed E-state index contributed by atoms with van der Waals surface area (Å²) in [6, 6.07) is 0. The van der Waals surface area contributed by atoms with Crippen LogP contribution in [0.15, 0.2) is 31.2 Å². The SMILES string of the molecule is C=CC1CCC(Oc2cnccn2)CC1. The van der Waals surface area contributed by atoms with Crippen molar-refractivity contribution in [1.29, 1.82) is 0 Å². The number of ether oxygens (including phenoxy) is 1. The predicted molar refractivity (Wildman–Crippen MR) is 58.6 cm³/mol. The van der Waals surface area contributed by atoms with Crippen LogP contribution in [0.2, 0.25) is 0 Å². The lowest BCUT2D eigenvalue weighted by molar-refractivity contribution is 0.135. The van der Waals surface area contributed by atoms with E-state index < -0.39 is 0 Å². The molecule has 1 heterocycles. The maximum absolute atomic E-state index is 5.74. The van der Waals surface area contributed by atoms with E-state index in [0.29, 0.717) is 17.9 Å². The first kappa shape index (κ1) is 10.1. The second-order valence-corrected chi connectivity index (χ2v) is 3.93. The first-order valence-corrected chi connectivity index (χ1v) is 5.43. The summed E-state index contributed by atoms with van der Waals surface area (Å²) in [5.41, 5.74) is 0. The maximum Gasteiger partial charge on any atom is 0.232 e. The Bertz CT molecular complexity index is 305. The first-order chi connectivity index (χ1) is 7.38. The highest BCUT2D eigenvalue weighted by Gasteiger charge is 2.20. The summed E-state index contributed by atoms with van der Waals surface area (Å²) in [5.74, 6) is 1.31. The fourth-order valence-electron chi connectivity index (χ4n) is 1.96. The van der Waals surface area contributed by atoms with Crippen LogP contribution in [0.5, 0.6) is 5.88 Å². The van der Waals surface area contributed by atoms with Crippen molar-refractivity contribution in [1.82, 2.24) is 9.97 Å². The Labute approximate surface area is 90.2 Å². The fraction of sp³-hybridized carbons (Fsp3) is 0.500. The molecule has 1 aromatic heterocycles. The van der Waals surface area contributed by atoms with E-state index in [1.165, 1.54) is 12.8 Å². The van der Waals surface area contributed by atoms with E-state index in [1.807, 2.05) is 0 Å². The minimum Gasteiger partial charge on any atom is -0.473 e. The zero-order valence-corrected chi connectivity index (χ0v) is 8.80. The van der Waals surface area contributed by atoms with Gasteiger partial charge in [-0.25, -0.2) is 4.98 Å². The van der Waals surface area contributed by atoms with Gasteiger partial charge in [-0.05, 0) is 31.6 Å². The first-order valence-electron chi connectivity index (χ1n) is 5.43. The van der Waals surface area contributed by atoms with E-state index in [2.05, 4.69) is 22.6 Å². The number of hydrogen-bond donors (Lipinski definition) is 0. The van der Waals surface area contributed by atoms with Crippen molar-refractivity contribution >= 4 is 0 Å². The molecule has 3 nitrogen and oxygen atoms in total. The van der Waals surface area contributed by atoms with Crippen molar-refractivity contribution in [3.05, 3.63) is 31.2 Å². The molecule has 0 N–H and O–H groups in total. The summed E-state index contributed by atoms with van der Waals surface area (Å²) in [6.45, 7) is 3.83. The van der Waals surface area contributed by atoms with Gasteiger partial charge in [0.15, 0.2) is 0 Å². The molecule has 0 aromatic carbocycles. The van der Waals surface area contributed by atoms with Crippen LogP contribution in [0.4, 0.5) is 0 Å². The molecule has 1 aromatic rings. The van der Waals surface area contributed by atoms with Crippen molar-refractivity contribution in [3.8, 4) is 5.88 Å². The Morgan fingerprint density at radius 2 is 2.07 bits per heavy atom. The summed E-state index contributed by atoms with van der Waals surface area (Å²) >= 11 is 0. The minimum atomic E-state index is 0.304. The van der Waals surface area contributed by atoms with E-state index in [1.54, 1.807) is 18.6 Å². The number of nitrogens with zero attached hydrogens (tertiary/aromatic N) is 2. The van der Waals surface area contributed by atoms with Crippen molar-refractivity contribution in [2.75, 3.05) is 0 Å². The molecule has 0 saturated heterocycles. The molecule has 1 aliphatic carbocycles. The van der Waals surface area contributed by atoms with Crippen molar-refractivity contribution in [3.63, 3.8) is 0 Å². The van der Waals surface area contributed by atoms with Crippen LogP contribution in [-0.4, -0.2) is 16.1 Å². The van der Waals surface area contributed by atoms with Crippen LogP contribution in [0.25, 0.3) is 0 Å². The highest BCUT2D eigenvalue weighted by Crippen LogP contribution is 2.27. The van der Waals surface area contributed by atoms with Gasteiger partial charge >= 0.3 is 0 Å². The van der Waals surface area contributed by atoms with Gasteiger partial charge in [0.25, 0.3) is 0 Å². The molecule has 2 rings (SSSR count). The van der Waals surface area contributed by atoms with Gasteiger partial charge in [-0.15, -0.1) is 6.58 Å². The minimum absolute atomic E-state index is 0.304. The van der Waals surface area contributed by atoms with E-state index in [-0.39, 0.29) is 0 Å². The van der Waals surface area contributed by atoms with Crippen molar-refractivity contribution in [2.24, 2.45) is 5.92 Å². The summed E-state index contributed by atoms with van der Waals surface area (Å²) in [6.07, 6.45) is 11.9. The van der Waals surface area contributed by atoms with E-state index >= 15 is 0 Å². The van der Waals surface area contributed by atoms with Gasteiger partial charge in [-0.1, -0.05) is 6.08 Å². The normalized spacial score (nSPS) is 25.9. The van der Waals surface area contributed by atoms with Crippen molar-refractivity contribution < 1.29 is 4.74 Å². The van der Waals surface area contributed by atoms with Gasteiger partial charge < -0.3 is 4.74 Å². The lowest BCUT2D eigenvalue weighted by atomic mass is 9.87. The van der Waals surface area contributed by atoms with E-state index in [4.69, 9.17) is 4.74 Å². The molecule has 0 atom stereocenters. The Morgan fingerprint density at radius 3 is 2.67 bits per heavy atom. The Hall–Kier alpha value is -1.38. The Kier molecular flexibility index (Phi) is 3.33. The molecule has 0 radical (unpaired) electrons. The second-order valence-electron chi connectivity index (χ2n) is 3.93. The lowest BCUT2D eigenvalue weighted by Gasteiger charge is -2.26. The Balaban J connectivity index is 1.85. The zero-order chi connectivity index (χ0) is 10.5. The van der Waals surface area contributed by atoms with Gasteiger partial charge in [0, 0.05) is 12.4 Å². The Morgan fingerprint density at radius 1 is 1.27 bits per heavy atom. The van der Waals surface area contributed by atoms with Crippen LogP contribution in [-0.2, 0) is 0 Å². The summed E-state index contributed by atoms with van der Waals surface area (Å²) < 4.78 is 5.74. The van der Waals surface area contributed by atoms with Crippen LogP contribution in [0.1, 0.15) is 25.7 Å². The molecule has 0 spiro atoms. The maximum atomic E-state index is 5.74. The van der Waals surface area contributed by atoms with Gasteiger partial charge in [0.05, 0.1) is 6.20 Å². The molecule has 1 saturated carbocycles. The van der Waals surface area contributed by atoms with Gasteiger partial charge in [-0.3, -0.25) is 4.98 Å². The zero-order valence-electron chi connectivity index (χ0n) is 8.80. The second kappa shape index (κ2) is 4.91. The standard InChI is InChI=1S/C12H16N2O/c1-2-10-3-5-11(6-4-10)15-12-9-13-7-8-14-12/h2,7-11H,1,3-6H2. The van der Waals surface area contributed by atoms with Crippen molar-refractivity contribution in [2.45, 2.75) is 31.8 Å². The van der Waals surface area contributed by atoms with Crippen LogP contribution >= 0.6 is 0 Å². The molecule has 80 valence electrons. The largest absolute Gasteiger partial charge is 0.473 e. The summed E-state index contributed by atoms with van der Waals surface area (Å²) in [5, 5.41) is 0. The molecule has 15 heavy (non-hydrogen) atoms. The molecule has 0 amide bonds. The molecule has 0 aliphatic heterocycles. The molecule has 0 unspecified atom stereocenters. The topological polar surface area (TPSA) is 35.0 Å². The third-order valence-corrected chi connectivity index (χ3v) is 2.88. The van der Waals surface area contributed by atoms with Gasteiger partial charge in [-0.2, -0.15) is 0 Å². The van der Waals surface area contributed by atoms with Crippen LogP contribution in [0, 0.1) is 5.92 Å². The molecule has 0 bridgehead atoms. The molecule has 1 aliphatic rings. The fourth-order valence-corrected chi connectivity index (χ4v) is 1.96. The van der Waals surface area contributed by atoms with E-state index in [0.717, 1.165) is 12.8 Å². The van der Waals surface area contributed by atoms with Crippen LogP contribution in [0.3, 0.4) is 0 Å². The average Bonchev–Trinajstić information content (AvgIpc) is 2.31. The number of hydrogen-bond acceptors (Lipinski definition) is 3. The third kappa shape index (κ3) is 2.78. The number of allylic oxidation sites excluding steroid dienone is 1. The summed E-state index contributed by atoms with van der Waals surface area (Å²) in [4.78, 5) is 8.08. The van der Waals surface area contributed by atoms with Gasteiger partial charge in [0.1, 0.15) is 6.10 Å². The number of aromatic nitrogens is 2. The number of rotatable bonds is 3. The molecular weight excluding hydrogens is 188 g/mol. The molecule has 3 heteroatoms. The third-order valence-electron chi connectivity index (χ3n) is 2.88.